The van der Waals surface area contributed by atoms with Crippen molar-refractivity contribution in [3.63, 3.8) is 0 Å². The maximum Gasteiger partial charge on any atom is 0.189 e. The number of thioether (sulfide) groups is 1. The zero-order valence-electron chi connectivity index (χ0n) is 10.7. The summed E-state index contributed by atoms with van der Waals surface area (Å²) in [6.07, 6.45) is 11.5. The van der Waals surface area contributed by atoms with Crippen molar-refractivity contribution in [2.75, 3.05) is 11.6 Å². The molecule has 0 atom stereocenters. The van der Waals surface area contributed by atoms with Crippen LogP contribution in [0.5, 0.6) is 0 Å². The second-order valence-corrected chi connectivity index (χ2v) is 5.38. The zero-order valence-corrected chi connectivity index (χ0v) is 11.5. The minimum absolute atomic E-state index is 0.657. The van der Waals surface area contributed by atoms with E-state index in [0.29, 0.717) is 6.04 Å². The first-order chi connectivity index (χ1) is 8.33. The summed E-state index contributed by atoms with van der Waals surface area (Å²) in [5.74, 6) is 1.07. The van der Waals surface area contributed by atoms with Crippen molar-refractivity contribution in [3.8, 4) is 0 Å². The van der Waals surface area contributed by atoms with E-state index in [4.69, 9.17) is 0 Å². The second-order valence-electron chi connectivity index (χ2n) is 4.61. The summed E-state index contributed by atoms with van der Waals surface area (Å²) < 4.78 is 0. The molecule has 0 amide bonds. The van der Waals surface area contributed by atoms with Gasteiger partial charge in [-0.15, -0.1) is 0 Å². The zero-order chi connectivity index (χ0) is 12.1. The molecular formula is C13H21N3S. The Bertz CT molecular complexity index is 364. The van der Waals surface area contributed by atoms with Crippen LogP contribution in [0.25, 0.3) is 0 Å². The van der Waals surface area contributed by atoms with Crippen molar-refractivity contribution >= 4 is 17.6 Å². The molecule has 0 aromatic carbocycles. The number of nitrogens with zero attached hydrogens (tertiary/aromatic N) is 2. The predicted octanol–water partition coefficient (Wildman–Crippen LogP) is 3.51. The fourth-order valence-electron chi connectivity index (χ4n) is 1.78. The molecule has 0 unspecified atom stereocenters. The van der Waals surface area contributed by atoms with Crippen molar-refractivity contribution in [1.82, 2.24) is 9.97 Å². The molecule has 0 spiro atoms. The van der Waals surface area contributed by atoms with E-state index in [2.05, 4.69) is 22.2 Å². The highest BCUT2D eigenvalue weighted by Crippen LogP contribution is 2.27. The predicted molar refractivity (Wildman–Crippen MR) is 73.7 cm³/mol. The van der Waals surface area contributed by atoms with Crippen LogP contribution in [0.1, 0.15) is 44.6 Å². The average molecular weight is 251 g/mol. The van der Waals surface area contributed by atoms with Gasteiger partial charge in [-0.3, -0.25) is 0 Å². The van der Waals surface area contributed by atoms with Gasteiger partial charge in [-0.25, -0.2) is 9.97 Å². The largest absolute Gasteiger partial charge is 0.367 e. The van der Waals surface area contributed by atoms with Crippen LogP contribution in [0, 0.1) is 0 Å². The second kappa shape index (κ2) is 6.24. The van der Waals surface area contributed by atoms with Gasteiger partial charge in [-0.05, 0) is 31.9 Å². The molecule has 1 heterocycles. The number of aromatic nitrogens is 2. The third-order valence-electron chi connectivity index (χ3n) is 2.99. The molecule has 1 fully saturated rings. The Labute approximate surface area is 108 Å². The van der Waals surface area contributed by atoms with Crippen LogP contribution < -0.4 is 5.32 Å². The van der Waals surface area contributed by atoms with E-state index in [-0.39, 0.29) is 0 Å². The Morgan fingerprint density at radius 2 is 2.24 bits per heavy atom. The van der Waals surface area contributed by atoms with Crippen LogP contribution in [0.3, 0.4) is 0 Å². The first kappa shape index (κ1) is 12.7. The van der Waals surface area contributed by atoms with Crippen molar-refractivity contribution < 1.29 is 0 Å². The van der Waals surface area contributed by atoms with Crippen molar-refractivity contribution in [1.29, 1.82) is 0 Å². The minimum Gasteiger partial charge on any atom is -0.367 e. The first-order valence-electron chi connectivity index (χ1n) is 6.50. The topological polar surface area (TPSA) is 37.8 Å². The number of hydrogen-bond donors (Lipinski definition) is 1. The fourth-order valence-corrected chi connectivity index (χ4v) is 2.12. The van der Waals surface area contributed by atoms with E-state index in [0.717, 1.165) is 17.4 Å². The molecule has 0 saturated heterocycles. The number of anilines is 1. The highest BCUT2D eigenvalue weighted by molar-refractivity contribution is 7.98. The van der Waals surface area contributed by atoms with Gasteiger partial charge in [0, 0.05) is 17.8 Å². The smallest absolute Gasteiger partial charge is 0.189 e. The maximum atomic E-state index is 4.59. The number of hydrogen-bond acceptors (Lipinski definition) is 4. The minimum atomic E-state index is 0.657. The van der Waals surface area contributed by atoms with E-state index in [9.17, 15) is 0 Å². The molecule has 4 heteroatoms. The number of rotatable bonds is 7. The highest BCUT2D eigenvalue weighted by atomic mass is 32.2. The van der Waals surface area contributed by atoms with Crippen LogP contribution in [0.4, 0.5) is 5.82 Å². The lowest BCUT2D eigenvalue weighted by Crippen LogP contribution is -2.08. The molecule has 94 valence electrons. The van der Waals surface area contributed by atoms with E-state index in [1.807, 2.05) is 12.5 Å². The third kappa shape index (κ3) is 3.87. The summed E-state index contributed by atoms with van der Waals surface area (Å²) >= 11 is 1.61. The molecule has 0 aliphatic heterocycles. The van der Waals surface area contributed by atoms with Gasteiger partial charge in [0.15, 0.2) is 5.16 Å². The van der Waals surface area contributed by atoms with Gasteiger partial charge in [-0.1, -0.05) is 31.5 Å². The van der Waals surface area contributed by atoms with Gasteiger partial charge in [-0.2, -0.15) is 0 Å². The molecule has 1 saturated carbocycles. The Balaban J connectivity index is 2.05. The van der Waals surface area contributed by atoms with Crippen LogP contribution in [-0.2, 0) is 6.42 Å². The summed E-state index contributed by atoms with van der Waals surface area (Å²) in [5.41, 5.74) is 1.28. The van der Waals surface area contributed by atoms with E-state index < -0.39 is 0 Å². The molecular weight excluding hydrogens is 230 g/mol. The summed E-state index contributed by atoms with van der Waals surface area (Å²) in [6, 6.07) is 0.657. The Kier molecular flexibility index (Phi) is 4.66. The SMILES string of the molecule is CCCCCc1cnc(SC)nc1NC1CC1. The molecule has 0 radical (unpaired) electrons. The van der Waals surface area contributed by atoms with Crippen molar-refractivity contribution in [2.45, 2.75) is 56.6 Å². The van der Waals surface area contributed by atoms with Crippen molar-refractivity contribution in [2.24, 2.45) is 0 Å². The third-order valence-corrected chi connectivity index (χ3v) is 3.55. The van der Waals surface area contributed by atoms with Crippen LogP contribution in [-0.4, -0.2) is 22.3 Å². The van der Waals surface area contributed by atoms with Gasteiger partial charge in [0.05, 0.1) is 0 Å². The molecule has 1 N–H and O–H groups in total. The van der Waals surface area contributed by atoms with Gasteiger partial charge in [0.1, 0.15) is 5.82 Å². The quantitative estimate of drug-likeness (QED) is 0.457. The van der Waals surface area contributed by atoms with Gasteiger partial charge in [0.2, 0.25) is 0 Å². The Morgan fingerprint density at radius 3 is 2.88 bits per heavy atom. The molecule has 2 rings (SSSR count). The lowest BCUT2D eigenvalue weighted by Gasteiger charge is -2.10. The van der Waals surface area contributed by atoms with Gasteiger partial charge < -0.3 is 5.32 Å². The number of unbranched alkanes of at least 4 members (excludes halogenated alkanes) is 2. The van der Waals surface area contributed by atoms with Crippen LogP contribution in [0.15, 0.2) is 11.4 Å². The summed E-state index contributed by atoms with van der Waals surface area (Å²) in [4.78, 5) is 8.97. The standard InChI is InChI=1S/C13H21N3S/c1-3-4-5-6-10-9-14-13(17-2)16-12(10)15-11-7-8-11/h9,11H,3-8H2,1-2H3,(H,14,15,16). The van der Waals surface area contributed by atoms with Crippen LogP contribution >= 0.6 is 11.8 Å². The summed E-state index contributed by atoms with van der Waals surface area (Å²) in [5, 5.41) is 4.39. The monoisotopic (exact) mass is 251 g/mol. The maximum absolute atomic E-state index is 4.59. The normalized spacial score (nSPS) is 14.9. The van der Waals surface area contributed by atoms with Crippen molar-refractivity contribution in [3.05, 3.63) is 11.8 Å². The van der Waals surface area contributed by atoms with E-state index in [1.54, 1.807) is 11.8 Å². The fraction of sp³-hybridized carbons (Fsp3) is 0.692. The molecule has 3 nitrogen and oxygen atoms in total. The average Bonchev–Trinajstić information content (AvgIpc) is 3.15. The molecule has 1 aliphatic carbocycles. The van der Waals surface area contributed by atoms with Crippen LogP contribution in [0.2, 0.25) is 0 Å². The van der Waals surface area contributed by atoms with E-state index >= 15 is 0 Å². The lowest BCUT2D eigenvalue weighted by molar-refractivity contribution is 0.711. The Morgan fingerprint density at radius 1 is 1.41 bits per heavy atom. The number of nitrogens with one attached hydrogen (secondary N) is 1. The summed E-state index contributed by atoms with van der Waals surface area (Å²) in [6.45, 7) is 2.23. The van der Waals surface area contributed by atoms with Gasteiger partial charge >= 0.3 is 0 Å². The first-order valence-corrected chi connectivity index (χ1v) is 7.72. The van der Waals surface area contributed by atoms with Gasteiger partial charge in [0.25, 0.3) is 0 Å². The Hall–Kier alpha value is -0.770. The lowest BCUT2D eigenvalue weighted by atomic mass is 10.1. The molecule has 1 aliphatic rings. The van der Waals surface area contributed by atoms with E-state index in [1.165, 1.54) is 37.7 Å². The molecule has 0 bridgehead atoms. The highest BCUT2D eigenvalue weighted by Gasteiger charge is 2.22. The molecule has 1 aromatic heterocycles. The number of aryl methyl sites for hydroxylation is 1. The molecule has 1 aromatic rings. The molecule has 17 heavy (non-hydrogen) atoms. The summed E-state index contributed by atoms with van der Waals surface area (Å²) in [7, 11) is 0.